The molecule has 0 saturated carbocycles. The molecule has 0 fully saturated rings. The Hall–Kier alpha value is -2.34. The third-order valence-corrected chi connectivity index (χ3v) is 5.46. The van der Waals surface area contributed by atoms with Gasteiger partial charge in [-0.3, -0.25) is 0 Å². The van der Waals surface area contributed by atoms with Crippen molar-refractivity contribution >= 4 is 0 Å². The highest BCUT2D eigenvalue weighted by Crippen LogP contribution is 2.38. The number of hydrogen-bond acceptors (Lipinski definition) is 0. The van der Waals surface area contributed by atoms with Crippen molar-refractivity contribution in [2.45, 2.75) is 45.4 Å². The summed E-state index contributed by atoms with van der Waals surface area (Å²) in [7, 11) is 0. The molecule has 0 amide bonds. The van der Waals surface area contributed by atoms with Crippen LogP contribution in [0.4, 0.5) is 0 Å². The lowest BCUT2D eigenvalue weighted by molar-refractivity contribution is 0.687. The van der Waals surface area contributed by atoms with Crippen LogP contribution >= 0.6 is 0 Å². The van der Waals surface area contributed by atoms with E-state index in [0.29, 0.717) is 5.92 Å². The Bertz CT molecular complexity index is 888. The van der Waals surface area contributed by atoms with E-state index in [0.717, 1.165) is 12.8 Å². The maximum Gasteiger partial charge on any atom is -0.00805 e. The Morgan fingerprint density at radius 3 is 2.44 bits per heavy atom. The first-order valence-electron chi connectivity index (χ1n) is 9.51. The minimum Gasteiger partial charge on any atom is -0.0651 e. The predicted octanol–water partition coefficient (Wildman–Crippen LogP) is 6.50. The van der Waals surface area contributed by atoms with Gasteiger partial charge in [-0.25, -0.2) is 0 Å². The van der Waals surface area contributed by atoms with E-state index in [1.807, 2.05) is 0 Å². The molecule has 0 aromatic heterocycles. The predicted molar refractivity (Wildman–Crippen MR) is 107 cm³/mol. The van der Waals surface area contributed by atoms with Gasteiger partial charge in [-0.05, 0) is 65.5 Å². The quantitative estimate of drug-likeness (QED) is 0.515. The van der Waals surface area contributed by atoms with Gasteiger partial charge in [0, 0.05) is 0 Å². The fourth-order valence-electron chi connectivity index (χ4n) is 4.25. The zero-order chi connectivity index (χ0) is 17.2. The van der Waals surface area contributed by atoms with E-state index in [-0.39, 0.29) is 0 Å². The second kappa shape index (κ2) is 6.88. The van der Waals surface area contributed by atoms with Crippen molar-refractivity contribution in [2.75, 3.05) is 0 Å². The zero-order valence-corrected chi connectivity index (χ0v) is 15.3. The van der Waals surface area contributed by atoms with Crippen molar-refractivity contribution in [3.05, 3.63) is 94.5 Å². The smallest absolute Gasteiger partial charge is 0.00805 e. The van der Waals surface area contributed by atoms with Gasteiger partial charge in [-0.1, -0.05) is 85.6 Å². The Kier molecular flexibility index (Phi) is 4.44. The number of fused-ring (bicyclic) bond motifs is 3. The van der Waals surface area contributed by atoms with Crippen LogP contribution in [0.25, 0.3) is 11.1 Å². The van der Waals surface area contributed by atoms with Crippen LogP contribution < -0.4 is 0 Å². The molecule has 0 saturated heterocycles. The van der Waals surface area contributed by atoms with E-state index in [4.69, 9.17) is 0 Å². The highest BCUT2D eigenvalue weighted by Gasteiger charge is 2.22. The molecule has 126 valence electrons. The molecule has 0 aliphatic heterocycles. The van der Waals surface area contributed by atoms with Gasteiger partial charge >= 0.3 is 0 Å². The molecule has 1 unspecified atom stereocenters. The molecule has 0 radical (unpaired) electrons. The van der Waals surface area contributed by atoms with Gasteiger partial charge < -0.3 is 0 Å². The summed E-state index contributed by atoms with van der Waals surface area (Å²) in [6, 6.07) is 25.2. The lowest BCUT2D eigenvalue weighted by Gasteiger charge is -2.17. The lowest BCUT2D eigenvalue weighted by atomic mass is 9.87. The molecule has 3 aromatic rings. The first kappa shape index (κ1) is 16.1. The SMILES string of the molecule is CCCc1ccc2c(c1)CC(c1cccc(C)c1)Cc1ccccc1-2. The summed E-state index contributed by atoms with van der Waals surface area (Å²) in [6.07, 6.45) is 4.63. The molecule has 1 aliphatic rings. The molecule has 0 heterocycles. The summed E-state index contributed by atoms with van der Waals surface area (Å²) in [4.78, 5) is 0. The van der Waals surface area contributed by atoms with Gasteiger partial charge in [0.2, 0.25) is 0 Å². The van der Waals surface area contributed by atoms with Crippen molar-refractivity contribution in [2.24, 2.45) is 0 Å². The van der Waals surface area contributed by atoms with Gasteiger partial charge in [0.1, 0.15) is 0 Å². The van der Waals surface area contributed by atoms with Crippen molar-refractivity contribution in [1.82, 2.24) is 0 Å². The summed E-state index contributed by atoms with van der Waals surface area (Å²) < 4.78 is 0. The van der Waals surface area contributed by atoms with Gasteiger partial charge in [0.05, 0.1) is 0 Å². The third-order valence-electron chi connectivity index (χ3n) is 5.46. The monoisotopic (exact) mass is 326 g/mol. The average molecular weight is 326 g/mol. The Balaban J connectivity index is 1.84. The zero-order valence-electron chi connectivity index (χ0n) is 15.3. The molecule has 0 heteroatoms. The summed E-state index contributed by atoms with van der Waals surface area (Å²) in [5.41, 5.74) is 10.2. The molecule has 0 N–H and O–H groups in total. The molecule has 0 nitrogen and oxygen atoms in total. The van der Waals surface area contributed by atoms with E-state index in [1.165, 1.54) is 51.8 Å². The number of benzene rings is 3. The van der Waals surface area contributed by atoms with Gasteiger partial charge in [-0.2, -0.15) is 0 Å². The van der Waals surface area contributed by atoms with Crippen LogP contribution in [-0.4, -0.2) is 0 Å². The Morgan fingerprint density at radius 1 is 0.800 bits per heavy atom. The molecule has 0 spiro atoms. The highest BCUT2D eigenvalue weighted by molar-refractivity contribution is 5.72. The van der Waals surface area contributed by atoms with Crippen molar-refractivity contribution < 1.29 is 0 Å². The standard InChI is InChI=1S/C25H26/c1-3-7-19-12-13-25-23(15-19)17-22(20-10-6-8-18(2)14-20)16-21-9-4-5-11-24(21)25/h4-6,8-15,22H,3,7,16-17H2,1-2H3. The molecular weight excluding hydrogens is 300 g/mol. The Labute approximate surface area is 151 Å². The van der Waals surface area contributed by atoms with Crippen LogP contribution in [0, 0.1) is 6.92 Å². The molecular formula is C25H26. The molecule has 25 heavy (non-hydrogen) atoms. The van der Waals surface area contributed by atoms with E-state index in [9.17, 15) is 0 Å². The van der Waals surface area contributed by atoms with E-state index in [1.54, 1.807) is 0 Å². The maximum absolute atomic E-state index is 2.46. The van der Waals surface area contributed by atoms with Crippen molar-refractivity contribution in [3.8, 4) is 11.1 Å². The average Bonchev–Trinajstić information content (AvgIpc) is 2.78. The van der Waals surface area contributed by atoms with Crippen LogP contribution in [0.5, 0.6) is 0 Å². The number of hydrogen-bond donors (Lipinski definition) is 0. The summed E-state index contributed by atoms with van der Waals surface area (Å²) in [6.45, 7) is 4.46. The minimum atomic E-state index is 0.555. The second-order valence-corrected chi connectivity index (χ2v) is 7.42. The van der Waals surface area contributed by atoms with Crippen molar-refractivity contribution in [3.63, 3.8) is 0 Å². The van der Waals surface area contributed by atoms with Crippen LogP contribution in [0.3, 0.4) is 0 Å². The molecule has 4 rings (SSSR count). The summed E-state index contributed by atoms with van der Waals surface area (Å²) >= 11 is 0. The third kappa shape index (κ3) is 3.26. The number of aryl methyl sites for hydroxylation is 2. The summed E-state index contributed by atoms with van der Waals surface area (Å²) in [5.74, 6) is 0.555. The molecule has 3 aromatic carbocycles. The largest absolute Gasteiger partial charge is 0.0651 e. The van der Waals surface area contributed by atoms with Crippen LogP contribution in [-0.2, 0) is 19.3 Å². The van der Waals surface area contributed by atoms with Crippen LogP contribution in [0.1, 0.15) is 47.1 Å². The molecule has 1 aliphatic carbocycles. The maximum atomic E-state index is 2.46. The van der Waals surface area contributed by atoms with E-state index < -0.39 is 0 Å². The van der Waals surface area contributed by atoms with Gasteiger partial charge in [0.15, 0.2) is 0 Å². The topological polar surface area (TPSA) is 0 Å². The first-order chi connectivity index (χ1) is 12.2. The fraction of sp³-hybridized carbons (Fsp3) is 0.280. The highest BCUT2D eigenvalue weighted by atomic mass is 14.3. The van der Waals surface area contributed by atoms with E-state index >= 15 is 0 Å². The lowest BCUT2D eigenvalue weighted by Crippen LogP contribution is -2.05. The van der Waals surface area contributed by atoms with Gasteiger partial charge in [-0.15, -0.1) is 0 Å². The number of rotatable bonds is 3. The molecule has 0 bridgehead atoms. The normalized spacial score (nSPS) is 16.0. The fourth-order valence-corrected chi connectivity index (χ4v) is 4.25. The van der Waals surface area contributed by atoms with E-state index in [2.05, 4.69) is 80.6 Å². The van der Waals surface area contributed by atoms with Crippen LogP contribution in [0.2, 0.25) is 0 Å². The Morgan fingerprint density at radius 2 is 1.60 bits per heavy atom. The van der Waals surface area contributed by atoms with Crippen molar-refractivity contribution in [1.29, 1.82) is 0 Å². The first-order valence-corrected chi connectivity index (χ1v) is 9.51. The molecule has 1 atom stereocenters. The minimum absolute atomic E-state index is 0.555. The summed E-state index contributed by atoms with van der Waals surface area (Å²) in [5, 5.41) is 0. The van der Waals surface area contributed by atoms with Crippen LogP contribution in [0.15, 0.2) is 66.7 Å². The second-order valence-electron chi connectivity index (χ2n) is 7.42. The van der Waals surface area contributed by atoms with Gasteiger partial charge in [0.25, 0.3) is 0 Å².